The summed E-state index contributed by atoms with van der Waals surface area (Å²) in [6, 6.07) is -1.43. The van der Waals surface area contributed by atoms with Crippen LogP contribution < -0.4 is 5.32 Å². The van der Waals surface area contributed by atoms with E-state index in [2.05, 4.69) is 5.32 Å². The Hall–Kier alpha value is -4.36. The largest absolute Gasteiger partial charge is 0.463 e. The first-order valence-electron chi connectivity index (χ1n) is 14.3. The van der Waals surface area contributed by atoms with Crippen LogP contribution in [-0.2, 0) is 85.7 Å². The van der Waals surface area contributed by atoms with Crippen LogP contribution in [0.1, 0.15) is 55.4 Å². The van der Waals surface area contributed by atoms with Gasteiger partial charge in [0.15, 0.2) is 30.7 Å². The highest BCUT2D eigenvalue weighted by molar-refractivity contribution is 5.74. The molecular formula is C28H39NO18. The van der Waals surface area contributed by atoms with Crippen molar-refractivity contribution < 1.29 is 85.7 Å². The molecule has 0 aliphatic carbocycles. The molecule has 2 aliphatic heterocycles. The first-order valence-corrected chi connectivity index (χ1v) is 14.3. The molecule has 2 fully saturated rings. The van der Waals surface area contributed by atoms with Gasteiger partial charge in [-0.15, -0.1) is 0 Å². The van der Waals surface area contributed by atoms with Crippen LogP contribution in [0.15, 0.2) is 0 Å². The Balaban J connectivity index is 2.73. The number of hydrogen-bond acceptors (Lipinski definition) is 18. The highest BCUT2D eigenvalue weighted by Gasteiger charge is 2.57. The summed E-state index contributed by atoms with van der Waals surface area (Å²) in [5.41, 5.74) is 0. The van der Waals surface area contributed by atoms with Crippen molar-refractivity contribution >= 4 is 47.7 Å². The third kappa shape index (κ3) is 12.1. The lowest BCUT2D eigenvalue weighted by molar-refractivity contribution is -0.348. The molecule has 19 nitrogen and oxygen atoms in total. The highest BCUT2D eigenvalue weighted by Crippen LogP contribution is 2.34. The van der Waals surface area contributed by atoms with Gasteiger partial charge in [0.05, 0.1) is 0 Å². The molecule has 2 saturated heterocycles. The minimum absolute atomic E-state index is 0.577. The molecule has 264 valence electrons. The van der Waals surface area contributed by atoms with Gasteiger partial charge in [-0.2, -0.15) is 0 Å². The van der Waals surface area contributed by atoms with Crippen LogP contribution in [0.25, 0.3) is 0 Å². The molecule has 0 aromatic rings. The van der Waals surface area contributed by atoms with Crippen molar-refractivity contribution in [3.05, 3.63) is 0 Å². The maximum Gasteiger partial charge on any atom is 0.305 e. The van der Waals surface area contributed by atoms with Crippen LogP contribution in [0.5, 0.6) is 0 Å². The number of ether oxygens (including phenoxy) is 10. The van der Waals surface area contributed by atoms with Gasteiger partial charge in [0, 0.05) is 55.4 Å². The lowest BCUT2D eigenvalue weighted by Crippen LogP contribution is -2.69. The Bertz CT molecular complexity index is 1200. The van der Waals surface area contributed by atoms with Crippen LogP contribution in [0.3, 0.4) is 0 Å². The van der Waals surface area contributed by atoms with E-state index in [0.29, 0.717) is 0 Å². The van der Waals surface area contributed by atoms with Crippen LogP contribution in [0.4, 0.5) is 0 Å². The summed E-state index contributed by atoms with van der Waals surface area (Å²) in [4.78, 5) is 96.5. The summed E-state index contributed by atoms with van der Waals surface area (Å²) in [5, 5.41) is 2.48. The van der Waals surface area contributed by atoms with Crippen LogP contribution >= 0.6 is 0 Å². The second kappa shape index (κ2) is 17.5. The lowest BCUT2D eigenvalue weighted by atomic mass is 9.94. The average Bonchev–Trinajstić information content (AvgIpc) is 2.91. The predicted octanol–water partition coefficient (Wildman–Crippen LogP) is -1.26. The number of rotatable bonds is 12. The summed E-state index contributed by atoms with van der Waals surface area (Å²) in [6.45, 7) is 7.30. The Morgan fingerprint density at radius 3 is 1.32 bits per heavy atom. The number of hydrogen-bond donors (Lipinski definition) is 1. The molecule has 0 bridgehead atoms. The molecule has 19 heteroatoms. The van der Waals surface area contributed by atoms with E-state index in [-0.39, 0.29) is 0 Å². The topological polar surface area (TPSA) is 241 Å². The van der Waals surface area contributed by atoms with Gasteiger partial charge in [-0.25, -0.2) is 0 Å². The first kappa shape index (κ1) is 38.8. The maximum atomic E-state index is 12.3. The highest BCUT2D eigenvalue weighted by atomic mass is 16.8. The second-order valence-electron chi connectivity index (χ2n) is 10.4. The zero-order valence-corrected chi connectivity index (χ0v) is 27.0. The van der Waals surface area contributed by atoms with Crippen molar-refractivity contribution in [2.75, 3.05) is 13.2 Å². The summed E-state index contributed by atoms with van der Waals surface area (Å²) >= 11 is 0. The smallest absolute Gasteiger partial charge is 0.305 e. The molecule has 0 saturated carbocycles. The van der Waals surface area contributed by atoms with Gasteiger partial charge in [0.2, 0.25) is 12.2 Å². The molecule has 0 radical (unpaired) electrons. The van der Waals surface area contributed by atoms with Crippen molar-refractivity contribution in [3.63, 3.8) is 0 Å². The minimum atomic E-state index is -1.80. The van der Waals surface area contributed by atoms with Crippen molar-refractivity contribution in [2.24, 2.45) is 0 Å². The fraction of sp³-hybridized carbons (Fsp3) is 0.714. The Kier molecular flexibility index (Phi) is 14.5. The molecule has 2 heterocycles. The molecule has 0 aromatic heterocycles. The molecule has 0 spiro atoms. The van der Waals surface area contributed by atoms with E-state index >= 15 is 0 Å². The third-order valence-corrected chi connectivity index (χ3v) is 6.29. The fourth-order valence-corrected chi connectivity index (χ4v) is 4.84. The fourth-order valence-electron chi connectivity index (χ4n) is 4.84. The van der Waals surface area contributed by atoms with Gasteiger partial charge < -0.3 is 52.7 Å². The summed E-state index contributed by atoms with van der Waals surface area (Å²) in [7, 11) is 0. The van der Waals surface area contributed by atoms with Gasteiger partial charge >= 0.3 is 41.8 Å². The van der Waals surface area contributed by atoms with Crippen molar-refractivity contribution in [3.8, 4) is 0 Å². The summed E-state index contributed by atoms with van der Waals surface area (Å²) < 4.78 is 55.2. The molecular weight excluding hydrogens is 638 g/mol. The summed E-state index contributed by atoms with van der Waals surface area (Å²) in [5.74, 6) is -6.64. The van der Waals surface area contributed by atoms with E-state index in [4.69, 9.17) is 47.4 Å². The van der Waals surface area contributed by atoms with Gasteiger partial charge in [0.1, 0.15) is 37.6 Å². The van der Waals surface area contributed by atoms with Gasteiger partial charge in [-0.05, 0) is 0 Å². The van der Waals surface area contributed by atoms with Crippen LogP contribution in [0.2, 0.25) is 0 Å². The summed E-state index contributed by atoms with van der Waals surface area (Å²) in [6.07, 6.45) is -14.2. The lowest BCUT2D eigenvalue weighted by Gasteiger charge is -2.48. The third-order valence-electron chi connectivity index (χ3n) is 6.29. The van der Waals surface area contributed by atoms with E-state index in [1.807, 2.05) is 0 Å². The Morgan fingerprint density at radius 1 is 0.468 bits per heavy atom. The Morgan fingerprint density at radius 2 is 0.872 bits per heavy atom. The zero-order valence-electron chi connectivity index (χ0n) is 27.0. The van der Waals surface area contributed by atoms with E-state index in [1.165, 1.54) is 0 Å². The molecule has 47 heavy (non-hydrogen) atoms. The van der Waals surface area contributed by atoms with Gasteiger partial charge in [-0.3, -0.25) is 38.4 Å². The van der Waals surface area contributed by atoms with E-state index in [0.717, 1.165) is 55.4 Å². The molecule has 10 atom stereocenters. The molecule has 1 amide bonds. The van der Waals surface area contributed by atoms with Gasteiger partial charge in [-0.1, -0.05) is 0 Å². The normalized spacial score (nSPS) is 30.0. The maximum absolute atomic E-state index is 12.3. The Labute approximate surface area is 269 Å². The first-order chi connectivity index (χ1) is 21.9. The van der Waals surface area contributed by atoms with Crippen LogP contribution in [0, 0.1) is 0 Å². The second-order valence-corrected chi connectivity index (χ2v) is 10.4. The van der Waals surface area contributed by atoms with E-state index < -0.39 is 122 Å². The number of esters is 7. The zero-order chi connectivity index (χ0) is 35.6. The SMILES string of the molecule is CC(=O)N[C@@H]1[C@H](OC(C)=O)O[C@H](COC(C)=O)[C@@H](O[C@@H]2O[C@H](COC(C)=O)[C@H](OC(C)=O)[C@@H](OC(C)=O)[C@@H]2OC(C)=O)[C@H]1OC(C)=O. The van der Waals surface area contributed by atoms with Crippen molar-refractivity contribution in [2.45, 2.75) is 117 Å². The number of amides is 1. The molecule has 0 aromatic carbocycles. The van der Waals surface area contributed by atoms with Crippen LogP contribution in [-0.4, -0.2) is 122 Å². The monoisotopic (exact) mass is 677 g/mol. The quantitative estimate of drug-likeness (QED) is 0.187. The minimum Gasteiger partial charge on any atom is -0.463 e. The molecule has 2 rings (SSSR count). The molecule has 0 unspecified atom stereocenters. The number of nitrogens with one attached hydrogen (secondary N) is 1. The van der Waals surface area contributed by atoms with Gasteiger partial charge in [0.25, 0.3) is 0 Å². The van der Waals surface area contributed by atoms with E-state index in [9.17, 15) is 38.4 Å². The standard InChI is InChI=1S/C28H39NO18/c1-11(30)29-21-24(41-15(5)34)22(19(9-38-12(2)31)45-27(21)44-18(8)37)47-28-26(43-17(7)36)25(42-16(6)35)23(40-14(4)33)20(46-28)10-39-13(3)32/h19-28H,9-10H2,1-8H3,(H,29,30)/t19-,20-,21+,22-,23+,24+,25-,26+,27-,28+/m1/s1. The average molecular weight is 678 g/mol. The number of carbonyl (C=O) groups excluding carboxylic acids is 8. The molecule has 1 N–H and O–H groups in total. The number of carbonyl (C=O) groups is 8. The van der Waals surface area contributed by atoms with Crippen molar-refractivity contribution in [1.29, 1.82) is 0 Å². The predicted molar refractivity (Wildman–Crippen MR) is 147 cm³/mol. The van der Waals surface area contributed by atoms with E-state index in [1.54, 1.807) is 0 Å². The molecule has 2 aliphatic rings. The van der Waals surface area contributed by atoms with Crippen molar-refractivity contribution in [1.82, 2.24) is 5.32 Å².